The molecule has 0 unspecified atom stereocenters. The molecule has 4 aromatic rings. The number of anilines is 1. The Kier molecular flexibility index (Phi) is 7.39. The van der Waals surface area contributed by atoms with Gasteiger partial charge >= 0.3 is 0 Å². The number of thiophene rings is 1. The third kappa shape index (κ3) is 5.72. The summed E-state index contributed by atoms with van der Waals surface area (Å²) in [6.07, 6.45) is 5.67. The molecule has 186 valence electrons. The molecule has 0 aromatic carbocycles. The lowest BCUT2D eigenvalue weighted by molar-refractivity contribution is 0.0752. The summed E-state index contributed by atoms with van der Waals surface area (Å²) < 4.78 is 3.17. The maximum atomic E-state index is 13.1. The summed E-state index contributed by atoms with van der Waals surface area (Å²) in [4.78, 5) is 47.2. The normalized spacial score (nSPS) is 11.5. The fourth-order valence-corrected chi connectivity index (χ4v) is 4.53. The summed E-state index contributed by atoms with van der Waals surface area (Å²) in [5.74, 6) is -0.152. The van der Waals surface area contributed by atoms with E-state index in [0.717, 1.165) is 4.88 Å². The highest BCUT2D eigenvalue weighted by molar-refractivity contribution is 7.16. The lowest BCUT2D eigenvalue weighted by Gasteiger charge is -2.18. The maximum absolute atomic E-state index is 13.1. The molecule has 36 heavy (non-hydrogen) atoms. The highest BCUT2D eigenvalue weighted by atomic mass is 35.5. The Morgan fingerprint density at radius 1 is 1.14 bits per heavy atom. The van der Waals surface area contributed by atoms with E-state index in [1.54, 1.807) is 32.9 Å². The fourth-order valence-electron chi connectivity index (χ4n) is 3.28. The molecule has 0 atom stereocenters. The van der Waals surface area contributed by atoms with Gasteiger partial charge in [0.15, 0.2) is 0 Å². The quantitative estimate of drug-likeness (QED) is 0.324. The van der Waals surface area contributed by atoms with Crippen molar-refractivity contribution in [2.45, 2.75) is 33.9 Å². The van der Waals surface area contributed by atoms with E-state index in [-0.39, 0.29) is 23.2 Å². The first-order valence-corrected chi connectivity index (χ1v) is 12.4. The highest BCUT2D eigenvalue weighted by Crippen LogP contribution is 2.28. The summed E-state index contributed by atoms with van der Waals surface area (Å²) in [7, 11) is 0. The van der Waals surface area contributed by atoms with Gasteiger partial charge in [0.1, 0.15) is 16.5 Å². The molecule has 0 saturated carbocycles. The highest BCUT2D eigenvalue weighted by Gasteiger charge is 2.27. The van der Waals surface area contributed by atoms with Gasteiger partial charge in [0, 0.05) is 40.5 Å². The van der Waals surface area contributed by atoms with Crippen LogP contribution in [0.25, 0.3) is 11.3 Å². The Bertz CT molecular complexity index is 1490. The molecule has 0 spiro atoms. The molecule has 0 aliphatic carbocycles. The van der Waals surface area contributed by atoms with Crippen molar-refractivity contribution in [2.24, 2.45) is 5.41 Å². The van der Waals surface area contributed by atoms with Gasteiger partial charge in [-0.1, -0.05) is 44.0 Å². The Labute approximate surface area is 220 Å². The third-order valence-corrected chi connectivity index (χ3v) is 6.62. The first kappa shape index (κ1) is 25.7. The van der Waals surface area contributed by atoms with Crippen molar-refractivity contribution in [3.05, 3.63) is 79.3 Å². The van der Waals surface area contributed by atoms with Gasteiger partial charge in [0.25, 0.3) is 11.5 Å². The van der Waals surface area contributed by atoms with Gasteiger partial charge in [0.05, 0.1) is 29.3 Å². The van der Waals surface area contributed by atoms with Crippen molar-refractivity contribution in [1.29, 1.82) is 0 Å². The van der Waals surface area contributed by atoms with Crippen LogP contribution in [0.3, 0.4) is 0 Å². The van der Waals surface area contributed by atoms with E-state index >= 15 is 0 Å². The molecular formula is C24H22Cl2N6O3S. The minimum atomic E-state index is -0.703. The molecule has 9 nitrogen and oxygen atoms in total. The Morgan fingerprint density at radius 3 is 2.56 bits per heavy atom. The fraction of sp³-hybridized carbons (Fsp3) is 0.250. The van der Waals surface area contributed by atoms with Gasteiger partial charge in [-0.05, 0) is 18.2 Å². The number of carbonyl (C=O) groups is 2. The molecule has 4 rings (SSSR count). The molecule has 4 aromatic heterocycles. The van der Waals surface area contributed by atoms with E-state index in [0.29, 0.717) is 28.0 Å². The molecule has 0 aliphatic rings. The number of rotatable bonds is 7. The number of nitrogens with zero attached hydrogens (tertiary/aromatic N) is 5. The first-order valence-electron chi connectivity index (χ1n) is 10.9. The molecule has 0 fully saturated rings. The number of hydrogen-bond donors (Lipinski definition) is 1. The van der Waals surface area contributed by atoms with Gasteiger partial charge < -0.3 is 9.88 Å². The molecule has 12 heteroatoms. The van der Waals surface area contributed by atoms with Crippen molar-refractivity contribution in [2.75, 3.05) is 5.32 Å². The average Bonchev–Trinajstić information content (AvgIpc) is 3.45. The number of aromatic nitrogens is 5. The Hall–Kier alpha value is -3.34. The van der Waals surface area contributed by atoms with Crippen LogP contribution in [0.15, 0.2) is 53.8 Å². The van der Waals surface area contributed by atoms with Crippen molar-refractivity contribution < 1.29 is 9.59 Å². The van der Waals surface area contributed by atoms with E-state index in [9.17, 15) is 14.4 Å². The molecule has 0 amide bonds. The van der Waals surface area contributed by atoms with Gasteiger partial charge in [-0.25, -0.2) is 4.98 Å². The van der Waals surface area contributed by atoms with Gasteiger partial charge in [-0.15, -0.1) is 11.3 Å². The molecule has 0 aliphatic heterocycles. The van der Waals surface area contributed by atoms with Crippen molar-refractivity contribution in [3.63, 3.8) is 0 Å². The lowest BCUT2D eigenvalue weighted by atomic mass is 9.96. The number of nitrogens with one attached hydrogen (secondary N) is 1. The molecule has 1 N–H and O–H groups in total. The van der Waals surface area contributed by atoms with Crippen LogP contribution < -0.4 is 10.9 Å². The van der Waals surface area contributed by atoms with E-state index in [1.807, 2.05) is 6.07 Å². The maximum Gasteiger partial charge on any atom is 0.269 e. The molecule has 4 heterocycles. The van der Waals surface area contributed by atoms with E-state index in [4.69, 9.17) is 23.2 Å². The summed E-state index contributed by atoms with van der Waals surface area (Å²) in [6, 6.07) is 6.87. The van der Waals surface area contributed by atoms with Crippen LogP contribution in [-0.2, 0) is 13.1 Å². The summed E-state index contributed by atoms with van der Waals surface area (Å²) in [6.45, 7) is 5.56. The SMILES string of the molecule is CC(C)(C)C(=O)n1nc(-c2cc(Cl)c(=O)n(CC(=O)c3cnccn3)c2)cc1NCc1ccc(Cl)s1. The predicted octanol–water partition coefficient (Wildman–Crippen LogP) is 5.05. The van der Waals surface area contributed by atoms with Gasteiger partial charge in [0.2, 0.25) is 5.78 Å². The topological polar surface area (TPSA) is 112 Å². The zero-order chi connectivity index (χ0) is 26.0. The lowest BCUT2D eigenvalue weighted by Crippen LogP contribution is -2.28. The summed E-state index contributed by atoms with van der Waals surface area (Å²) >= 11 is 13.7. The van der Waals surface area contributed by atoms with Crippen molar-refractivity contribution >= 4 is 52.0 Å². The second-order valence-corrected chi connectivity index (χ2v) is 11.2. The summed E-state index contributed by atoms with van der Waals surface area (Å²) in [5.41, 5.74) is -0.232. The molecule has 0 saturated heterocycles. The first-order chi connectivity index (χ1) is 17.0. The van der Waals surface area contributed by atoms with Crippen molar-refractivity contribution in [1.82, 2.24) is 24.3 Å². The van der Waals surface area contributed by atoms with Gasteiger partial charge in [-0.3, -0.25) is 19.4 Å². The number of halogens is 2. The van der Waals surface area contributed by atoms with Crippen LogP contribution >= 0.6 is 34.5 Å². The summed E-state index contributed by atoms with van der Waals surface area (Å²) in [5, 5.41) is 7.67. The molecule has 0 bridgehead atoms. The minimum absolute atomic E-state index is 0.0844. The number of hydrogen-bond acceptors (Lipinski definition) is 8. The zero-order valence-corrected chi connectivity index (χ0v) is 22.0. The van der Waals surface area contributed by atoms with E-state index < -0.39 is 16.8 Å². The number of ketones is 1. The van der Waals surface area contributed by atoms with Crippen LogP contribution in [0.5, 0.6) is 0 Å². The van der Waals surface area contributed by atoms with E-state index in [2.05, 4.69) is 20.4 Å². The van der Waals surface area contributed by atoms with Crippen molar-refractivity contribution in [3.8, 4) is 11.3 Å². The Morgan fingerprint density at radius 2 is 1.92 bits per heavy atom. The predicted molar refractivity (Wildman–Crippen MR) is 140 cm³/mol. The number of pyridine rings is 1. The second kappa shape index (κ2) is 10.3. The minimum Gasteiger partial charge on any atom is -0.365 e. The third-order valence-electron chi connectivity index (χ3n) is 5.12. The second-order valence-electron chi connectivity index (χ2n) is 8.96. The largest absolute Gasteiger partial charge is 0.365 e. The van der Waals surface area contributed by atoms with Crippen LogP contribution in [0.4, 0.5) is 5.82 Å². The van der Waals surface area contributed by atoms with Crippen LogP contribution in [0.2, 0.25) is 9.36 Å². The molecular weight excluding hydrogens is 523 g/mol. The van der Waals surface area contributed by atoms with Gasteiger partial charge in [-0.2, -0.15) is 9.78 Å². The standard InChI is InChI=1S/C24H22Cl2N6O3S/c1-24(2,3)23(35)32-21(29-10-15-4-5-20(26)36-15)9-17(30-32)14-8-16(25)22(34)31(12-14)13-19(33)18-11-27-6-7-28-18/h4-9,11-12,29H,10,13H2,1-3H3. The molecule has 0 radical (unpaired) electrons. The van der Waals surface area contributed by atoms with E-state index in [1.165, 1.54) is 51.4 Å². The van der Waals surface area contributed by atoms with Crippen LogP contribution in [-0.4, -0.2) is 36.0 Å². The zero-order valence-electron chi connectivity index (χ0n) is 19.7. The van der Waals surface area contributed by atoms with Crippen LogP contribution in [0.1, 0.15) is 40.9 Å². The monoisotopic (exact) mass is 544 g/mol. The average molecular weight is 545 g/mol. The number of carbonyl (C=O) groups excluding carboxylic acids is 2. The smallest absolute Gasteiger partial charge is 0.269 e. The number of Topliss-reactive ketones (excluding diaryl/α,β-unsaturated/α-hetero) is 1. The van der Waals surface area contributed by atoms with Crippen LogP contribution in [0, 0.1) is 5.41 Å². The Balaban J connectivity index is 1.70.